The van der Waals surface area contributed by atoms with Crippen LogP contribution < -0.4 is 15.5 Å². The van der Waals surface area contributed by atoms with E-state index >= 15 is 0 Å². The summed E-state index contributed by atoms with van der Waals surface area (Å²) in [7, 11) is 1.81. The van der Waals surface area contributed by atoms with E-state index in [0.717, 1.165) is 41.4 Å². The Balaban J connectivity index is 1.36. The Hall–Kier alpha value is -3.83. The van der Waals surface area contributed by atoms with Gasteiger partial charge in [0.2, 0.25) is 5.91 Å². The van der Waals surface area contributed by atoms with E-state index in [1.165, 1.54) is 0 Å². The summed E-state index contributed by atoms with van der Waals surface area (Å²) >= 11 is 0. The van der Waals surface area contributed by atoms with E-state index in [-0.39, 0.29) is 17.9 Å². The van der Waals surface area contributed by atoms with Crippen LogP contribution in [0.2, 0.25) is 0 Å². The third-order valence-corrected chi connectivity index (χ3v) is 6.98. The maximum atomic E-state index is 12.3. The molecule has 5 heterocycles. The first-order valence-corrected chi connectivity index (χ1v) is 12.5. The van der Waals surface area contributed by atoms with Gasteiger partial charge in [-0.1, -0.05) is 0 Å². The van der Waals surface area contributed by atoms with Crippen LogP contribution in [0.1, 0.15) is 26.7 Å². The number of morpholine rings is 1. The number of amides is 1. The Morgan fingerprint density at radius 3 is 2.78 bits per heavy atom. The van der Waals surface area contributed by atoms with Crippen LogP contribution in [-0.2, 0) is 9.53 Å². The van der Waals surface area contributed by atoms with Gasteiger partial charge in [0.1, 0.15) is 17.7 Å². The molecule has 11 nitrogen and oxygen atoms in total. The molecule has 0 bridgehead atoms. The van der Waals surface area contributed by atoms with Crippen LogP contribution in [0.3, 0.4) is 0 Å². The van der Waals surface area contributed by atoms with Gasteiger partial charge in [-0.15, -0.1) is 5.10 Å². The lowest BCUT2D eigenvalue weighted by Crippen LogP contribution is -2.52. The van der Waals surface area contributed by atoms with Crippen molar-refractivity contribution >= 4 is 39.6 Å². The molecule has 6 rings (SSSR count). The first-order valence-electron chi connectivity index (χ1n) is 12.5. The average molecular weight is 503 g/mol. The second-order valence-electron chi connectivity index (χ2n) is 10.2. The molecule has 1 amide bonds. The van der Waals surface area contributed by atoms with E-state index < -0.39 is 5.60 Å². The fourth-order valence-corrected chi connectivity index (χ4v) is 4.64. The van der Waals surface area contributed by atoms with Gasteiger partial charge in [0, 0.05) is 54.8 Å². The molecule has 192 valence electrons. The SMILES string of the molecule is CNc1ncc(-c2nc3ccc(N4CCO[C@@H](C(C)(C)O)C4)cn3n2)c2cc(NC(=O)C3CC3)ncc12. The summed E-state index contributed by atoms with van der Waals surface area (Å²) in [6.45, 7) is 5.38. The van der Waals surface area contributed by atoms with Crippen molar-refractivity contribution in [2.45, 2.75) is 38.4 Å². The Bertz CT molecular complexity index is 1490. The molecule has 2 fully saturated rings. The smallest absolute Gasteiger partial charge is 0.228 e. The predicted octanol–water partition coefficient (Wildman–Crippen LogP) is 2.71. The number of carbonyl (C=O) groups excluding carboxylic acids is 1. The Kier molecular flexibility index (Phi) is 5.68. The Morgan fingerprint density at radius 2 is 2.03 bits per heavy atom. The Morgan fingerprint density at radius 1 is 1.19 bits per heavy atom. The molecule has 1 saturated heterocycles. The van der Waals surface area contributed by atoms with E-state index in [4.69, 9.17) is 14.8 Å². The predicted molar refractivity (Wildman–Crippen MR) is 141 cm³/mol. The van der Waals surface area contributed by atoms with Gasteiger partial charge >= 0.3 is 0 Å². The average Bonchev–Trinajstić information content (AvgIpc) is 3.66. The third kappa shape index (κ3) is 4.56. The number of hydrogen-bond donors (Lipinski definition) is 3. The molecule has 1 aliphatic carbocycles. The summed E-state index contributed by atoms with van der Waals surface area (Å²) in [5.41, 5.74) is 1.50. The van der Waals surface area contributed by atoms with Crippen LogP contribution in [0.4, 0.5) is 17.3 Å². The first-order chi connectivity index (χ1) is 17.8. The normalized spacial score (nSPS) is 18.4. The third-order valence-electron chi connectivity index (χ3n) is 6.98. The lowest BCUT2D eigenvalue weighted by molar-refractivity contribution is -0.117. The zero-order valence-electron chi connectivity index (χ0n) is 21.1. The van der Waals surface area contributed by atoms with Gasteiger partial charge in [-0.05, 0) is 44.9 Å². The number of carbonyl (C=O) groups is 1. The van der Waals surface area contributed by atoms with Gasteiger partial charge in [0.15, 0.2) is 11.5 Å². The molecule has 2 aliphatic rings. The van der Waals surface area contributed by atoms with Gasteiger partial charge in [0.25, 0.3) is 0 Å². The monoisotopic (exact) mass is 502 g/mol. The van der Waals surface area contributed by atoms with Crippen LogP contribution in [0.15, 0.2) is 36.8 Å². The number of hydrogen-bond acceptors (Lipinski definition) is 9. The molecule has 11 heteroatoms. The zero-order chi connectivity index (χ0) is 25.7. The molecule has 1 saturated carbocycles. The molecule has 0 radical (unpaired) electrons. The summed E-state index contributed by atoms with van der Waals surface area (Å²) in [5, 5.41) is 22.9. The molecule has 4 aromatic rings. The van der Waals surface area contributed by atoms with Crippen molar-refractivity contribution in [2.75, 3.05) is 42.3 Å². The highest BCUT2D eigenvalue weighted by Crippen LogP contribution is 2.33. The lowest BCUT2D eigenvalue weighted by atomic mass is 10.00. The van der Waals surface area contributed by atoms with Gasteiger partial charge < -0.3 is 25.4 Å². The Labute approximate surface area is 213 Å². The van der Waals surface area contributed by atoms with Crippen molar-refractivity contribution in [3.05, 3.63) is 36.8 Å². The van der Waals surface area contributed by atoms with Gasteiger partial charge in [0.05, 0.1) is 24.1 Å². The lowest BCUT2D eigenvalue weighted by Gasteiger charge is -2.39. The molecule has 0 spiro atoms. The number of ether oxygens (including phenoxy) is 1. The molecule has 1 aliphatic heterocycles. The van der Waals surface area contributed by atoms with Crippen molar-refractivity contribution < 1.29 is 14.6 Å². The number of aliphatic hydroxyl groups is 1. The second kappa shape index (κ2) is 8.93. The van der Waals surface area contributed by atoms with E-state index in [2.05, 4.69) is 25.5 Å². The molecule has 0 unspecified atom stereocenters. The molecule has 4 aromatic heterocycles. The van der Waals surface area contributed by atoms with Crippen LogP contribution in [-0.4, -0.2) is 74.0 Å². The minimum absolute atomic E-state index is 0.00428. The van der Waals surface area contributed by atoms with Gasteiger partial charge in [-0.25, -0.2) is 19.5 Å². The van der Waals surface area contributed by atoms with Crippen molar-refractivity contribution in [3.63, 3.8) is 0 Å². The summed E-state index contributed by atoms with van der Waals surface area (Å²) in [4.78, 5) is 28.2. The number of fused-ring (bicyclic) bond motifs is 2. The fourth-order valence-electron chi connectivity index (χ4n) is 4.64. The van der Waals surface area contributed by atoms with Crippen LogP contribution in [0.5, 0.6) is 0 Å². The maximum Gasteiger partial charge on any atom is 0.228 e. The minimum atomic E-state index is -0.928. The maximum absolute atomic E-state index is 12.3. The summed E-state index contributed by atoms with van der Waals surface area (Å²) in [6, 6.07) is 5.80. The fraction of sp³-hybridized carbons (Fsp3) is 0.423. The number of nitrogens with zero attached hydrogens (tertiary/aromatic N) is 6. The molecule has 0 aromatic carbocycles. The standard InChI is InChI=1S/C26H30N8O3/c1-26(2,36)20-14-33(8-9-37-20)16-6-7-22-31-24(32-34(22)13-16)19-12-29-23(27-3)18-11-28-21(10-17(18)19)30-25(35)15-4-5-15/h6-7,10-13,15,20,36H,4-5,8-9,14H2,1-3H3,(H,27,29)(H,28,30,35)/t20-/m1/s1. The summed E-state index contributed by atoms with van der Waals surface area (Å²) in [5.74, 6) is 1.80. The van der Waals surface area contributed by atoms with Gasteiger partial charge in [-0.3, -0.25) is 4.79 Å². The summed E-state index contributed by atoms with van der Waals surface area (Å²) < 4.78 is 7.54. The highest BCUT2D eigenvalue weighted by atomic mass is 16.5. The number of aromatic nitrogens is 5. The number of rotatable bonds is 6. The van der Waals surface area contributed by atoms with E-state index in [1.807, 2.05) is 31.4 Å². The van der Waals surface area contributed by atoms with Crippen molar-refractivity contribution in [1.29, 1.82) is 0 Å². The van der Waals surface area contributed by atoms with E-state index in [9.17, 15) is 9.90 Å². The van der Waals surface area contributed by atoms with Crippen molar-refractivity contribution in [2.24, 2.45) is 5.92 Å². The molecule has 37 heavy (non-hydrogen) atoms. The molecule has 3 N–H and O–H groups in total. The highest BCUT2D eigenvalue weighted by Gasteiger charge is 2.33. The quantitative estimate of drug-likeness (QED) is 0.364. The largest absolute Gasteiger partial charge is 0.388 e. The zero-order valence-corrected chi connectivity index (χ0v) is 21.1. The van der Waals surface area contributed by atoms with Crippen LogP contribution >= 0.6 is 0 Å². The van der Waals surface area contributed by atoms with Crippen LogP contribution in [0.25, 0.3) is 27.8 Å². The number of anilines is 3. The molecule has 1 atom stereocenters. The molecular formula is C26H30N8O3. The minimum Gasteiger partial charge on any atom is -0.388 e. The van der Waals surface area contributed by atoms with E-state index in [0.29, 0.717) is 36.3 Å². The van der Waals surface area contributed by atoms with E-state index in [1.54, 1.807) is 30.8 Å². The molecular weight excluding hydrogens is 472 g/mol. The van der Waals surface area contributed by atoms with Crippen molar-refractivity contribution in [3.8, 4) is 11.4 Å². The van der Waals surface area contributed by atoms with Crippen molar-refractivity contribution in [1.82, 2.24) is 24.6 Å². The first kappa shape index (κ1) is 23.6. The summed E-state index contributed by atoms with van der Waals surface area (Å²) in [6.07, 6.45) is 6.97. The number of nitrogens with one attached hydrogen (secondary N) is 2. The van der Waals surface area contributed by atoms with Crippen LogP contribution in [0, 0.1) is 5.92 Å². The highest BCUT2D eigenvalue weighted by molar-refractivity contribution is 6.03. The topological polar surface area (TPSA) is 130 Å². The second-order valence-corrected chi connectivity index (χ2v) is 10.2. The van der Waals surface area contributed by atoms with Gasteiger partial charge in [-0.2, -0.15) is 0 Å². The number of pyridine rings is 3.